The number of benzene rings is 1. The molecule has 112 valence electrons. The Bertz CT molecular complexity index is 378. The molecule has 0 spiro atoms. The smallest absolute Gasteiger partial charge is 0.171 e. The van der Waals surface area contributed by atoms with Gasteiger partial charge in [0.1, 0.15) is 0 Å². The van der Waals surface area contributed by atoms with Gasteiger partial charge in [-0.2, -0.15) is 13.2 Å². The van der Waals surface area contributed by atoms with E-state index in [1.165, 1.54) is 12.1 Å². The number of hydrogen-bond acceptors (Lipinski definition) is 0. The van der Waals surface area contributed by atoms with Gasteiger partial charge >= 0.3 is 65.7 Å². The van der Waals surface area contributed by atoms with Crippen LogP contribution >= 0.6 is 71.2 Å². The fourth-order valence-corrected chi connectivity index (χ4v) is 1.16. The second kappa shape index (κ2) is 7.45. The molecule has 1 aromatic carbocycles. The normalized spacial score (nSPS) is 14.1. The summed E-state index contributed by atoms with van der Waals surface area (Å²) < 4.78 is 32.0. The molecule has 0 aromatic heterocycles. The van der Waals surface area contributed by atoms with E-state index in [0.29, 0.717) is 5.88 Å². The summed E-state index contributed by atoms with van der Waals surface area (Å²) in [6, 6.07) is 6.11. The van der Waals surface area contributed by atoms with Gasteiger partial charge in [0.15, 0.2) is 0 Å². The van der Waals surface area contributed by atoms with Crippen LogP contribution in [0.5, 0.6) is 0 Å². The van der Waals surface area contributed by atoms with Crippen LogP contribution in [0.15, 0.2) is 24.3 Å². The first kappa shape index (κ1) is 20.2. The molecule has 1 rings (SSSR count). The summed E-state index contributed by atoms with van der Waals surface area (Å²) in [7, 11) is 0. The van der Waals surface area contributed by atoms with E-state index in [2.05, 4.69) is 0 Å². The minimum atomic E-state index is -4.14. The summed E-state index contributed by atoms with van der Waals surface area (Å²) in [5.74, 6) is 0.326. The van der Waals surface area contributed by atoms with Crippen LogP contribution in [0, 0.1) is 0 Å². The number of hydrogen-bond donors (Lipinski definition) is 0. The molecule has 0 fully saturated rings. The second-order valence-corrected chi connectivity index (χ2v) is 20.3. The molecule has 0 aliphatic heterocycles. The number of alkyl halides is 4. The standard InChI is InChI=1S/C9H8ClF3.Cl5P/c10-6-8-3-1-7(2-4-8)5-9(11,12)13;1-6(2,3,4)5/h1-4H,5-6H2;. The van der Waals surface area contributed by atoms with Crippen molar-refractivity contribution >= 4 is 71.2 Å². The number of rotatable bonds is 2. The topological polar surface area (TPSA) is 0 Å². The van der Waals surface area contributed by atoms with Crippen molar-refractivity contribution in [2.24, 2.45) is 0 Å². The molecule has 0 bridgehead atoms. The molecule has 10 heteroatoms. The predicted molar refractivity (Wildman–Crippen MR) is 81.9 cm³/mol. The van der Waals surface area contributed by atoms with Gasteiger partial charge in [-0.15, -0.1) is 11.6 Å². The molecule has 0 radical (unpaired) electrons. The van der Waals surface area contributed by atoms with E-state index in [1.54, 1.807) is 12.1 Å². The third-order valence-corrected chi connectivity index (χ3v) is 1.89. The van der Waals surface area contributed by atoms with Crippen molar-refractivity contribution < 1.29 is 13.2 Å². The average molecular weight is 417 g/mol. The summed E-state index contributed by atoms with van der Waals surface area (Å²) in [6.45, 7) is 0. The van der Waals surface area contributed by atoms with Crippen LogP contribution < -0.4 is 0 Å². The summed E-state index contributed by atoms with van der Waals surface area (Å²) >= 11 is 30.4. The molecule has 0 amide bonds. The quantitative estimate of drug-likeness (QED) is 0.340. The van der Waals surface area contributed by atoms with Gasteiger partial charge in [0.2, 0.25) is 0 Å². The largest absolute Gasteiger partial charge is 0.393 e. The Hall–Kier alpha value is 1.18. The fourth-order valence-electron chi connectivity index (χ4n) is 0.978. The first-order valence-corrected chi connectivity index (χ1v) is 11.9. The van der Waals surface area contributed by atoms with Gasteiger partial charge in [0.05, 0.1) is 6.42 Å². The van der Waals surface area contributed by atoms with E-state index in [1.807, 2.05) is 0 Å². The summed E-state index contributed by atoms with van der Waals surface area (Å²) in [4.78, 5) is 0. The van der Waals surface area contributed by atoms with Crippen LogP contribution in [0.1, 0.15) is 11.1 Å². The maximum absolute atomic E-state index is 11.9. The second-order valence-electron chi connectivity index (χ2n) is 3.38. The Morgan fingerprint density at radius 1 is 0.842 bits per heavy atom. The Morgan fingerprint density at radius 2 is 1.16 bits per heavy atom. The molecule has 0 saturated carbocycles. The van der Waals surface area contributed by atoms with Gasteiger partial charge in [-0.1, -0.05) is 24.3 Å². The predicted octanol–water partition coefficient (Wildman–Crippen LogP) is 7.84. The minimum absolute atomic E-state index is 0.265. The van der Waals surface area contributed by atoms with Crippen molar-refractivity contribution in [2.75, 3.05) is 0 Å². The molecule has 0 heterocycles. The van der Waals surface area contributed by atoms with Crippen LogP contribution in [-0.2, 0) is 12.3 Å². The van der Waals surface area contributed by atoms with E-state index in [-0.39, 0.29) is 5.56 Å². The maximum atomic E-state index is 11.9. The van der Waals surface area contributed by atoms with E-state index in [9.17, 15) is 13.2 Å². The SMILES string of the molecule is ClP(Cl)(Cl)(Cl)Cl.FC(F)(F)Cc1ccc(CCl)cc1. The summed E-state index contributed by atoms with van der Waals surface area (Å²) in [6.07, 6.45) is -5.02. The first-order chi connectivity index (χ1) is 8.25. The Kier molecular flexibility index (Phi) is 7.91. The molecule has 0 aliphatic carbocycles. The van der Waals surface area contributed by atoms with E-state index >= 15 is 0 Å². The zero-order valence-corrected chi connectivity index (χ0v) is 14.5. The van der Waals surface area contributed by atoms with Crippen LogP contribution in [0.4, 0.5) is 13.2 Å². The van der Waals surface area contributed by atoms with Crippen molar-refractivity contribution in [3.05, 3.63) is 35.4 Å². The Morgan fingerprint density at radius 3 is 1.42 bits per heavy atom. The number of halogens is 9. The minimum Gasteiger partial charge on any atom is -0.171 e. The van der Waals surface area contributed by atoms with E-state index in [4.69, 9.17) is 67.8 Å². The Labute approximate surface area is 137 Å². The van der Waals surface area contributed by atoms with Gasteiger partial charge in [-0.3, -0.25) is 0 Å². The van der Waals surface area contributed by atoms with Crippen molar-refractivity contribution in [3.63, 3.8) is 0 Å². The molecular formula is C9H8Cl6F3P. The molecular weight excluding hydrogens is 409 g/mol. The van der Waals surface area contributed by atoms with Crippen LogP contribution in [0.3, 0.4) is 0 Å². The van der Waals surface area contributed by atoms with Crippen molar-refractivity contribution in [2.45, 2.75) is 18.5 Å². The molecule has 1 aromatic rings. The Balaban J connectivity index is 0.000000459. The molecule has 0 atom stereocenters. The van der Waals surface area contributed by atoms with Crippen molar-refractivity contribution in [1.29, 1.82) is 0 Å². The molecule has 0 nitrogen and oxygen atoms in total. The molecule has 0 unspecified atom stereocenters. The van der Waals surface area contributed by atoms with Crippen LogP contribution in [-0.4, -0.2) is 6.18 Å². The average Bonchev–Trinajstić information content (AvgIpc) is 2.12. The summed E-state index contributed by atoms with van der Waals surface area (Å²) in [5.41, 5.74) is 1.09. The van der Waals surface area contributed by atoms with Gasteiger partial charge in [0.25, 0.3) is 0 Å². The molecule has 0 saturated heterocycles. The first-order valence-electron chi connectivity index (χ1n) is 4.56. The monoisotopic (exact) mass is 414 g/mol. The van der Waals surface area contributed by atoms with Crippen molar-refractivity contribution in [3.8, 4) is 0 Å². The maximum Gasteiger partial charge on any atom is 0.393 e. The molecule has 0 N–H and O–H groups in total. The van der Waals surface area contributed by atoms with Gasteiger partial charge in [0, 0.05) is 5.88 Å². The zero-order valence-electron chi connectivity index (χ0n) is 9.07. The zero-order chi connectivity index (χ0) is 15.3. The van der Waals surface area contributed by atoms with Gasteiger partial charge in [-0.05, 0) is 11.1 Å². The fraction of sp³-hybridized carbons (Fsp3) is 0.333. The molecule has 0 aliphatic rings. The van der Waals surface area contributed by atoms with E-state index < -0.39 is 16.0 Å². The van der Waals surface area contributed by atoms with Crippen LogP contribution in [0.2, 0.25) is 0 Å². The van der Waals surface area contributed by atoms with E-state index in [0.717, 1.165) is 5.56 Å². The third-order valence-electron chi connectivity index (χ3n) is 1.58. The van der Waals surface area contributed by atoms with Gasteiger partial charge < -0.3 is 0 Å². The molecule has 19 heavy (non-hydrogen) atoms. The van der Waals surface area contributed by atoms with Crippen LogP contribution in [0.25, 0.3) is 0 Å². The van der Waals surface area contributed by atoms with Crippen molar-refractivity contribution in [1.82, 2.24) is 0 Å². The van der Waals surface area contributed by atoms with Gasteiger partial charge in [-0.25, -0.2) is 0 Å². The summed E-state index contributed by atoms with van der Waals surface area (Å²) in [5, 5.41) is 0. The third kappa shape index (κ3) is 17.1.